The molecule has 1 aromatic heterocycles. The van der Waals surface area contributed by atoms with Gasteiger partial charge in [0.05, 0.1) is 11.8 Å². The van der Waals surface area contributed by atoms with Crippen LogP contribution in [0.5, 0.6) is 0 Å². The van der Waals surface area contributed by atoms with Crippen molar-refractivity contribution in [2.75, 3.05) is 6.54 Å². The number of hydrogen-bond acceptors (Lipinski definition) is 4. The lowest BCUT2D eigenvalue weighted by Crippen LogP contribution is -2.45. The van der Waals surface area contributed by atoms with Gasteiger partial charge in [-0.25, -0.2) is 0 Å². The minimum absolute atomic E-state index is 0.00995. The zero-order valence-electron chi connectivity index (χ0n) is 16.2. The highest BCUT2D eigenvalue weighted by atomic mass is 16.2. The molecule has 27 heavy (non-hydrogen) atoms. The first-order valence-electron chi connectivity index (χ1n) is 10.5. The normalized spacial score (nSPS) is 20.2. The quantitative estimate of drug-likeness (QED) is 0.678. The standard InChI is InChI=1S/C20H33N5O2/c21-11-18(15-7-3-1-4-8-15)24-20(27)16-12-22-25(13-16)14-19(26)23-17-9-5-2-6-10-17/h12-13,15,17-18H,1-11,14,21H2,(H,23,26)(H,24,27). The average Bonchev–Trinajstić information content (AvgIpc) is 3.16. The third kappa shape index (κ3) is 5.79. The number of amides is 2. The predicted molar refractivity (Wildman–Crippen MR) is 104 cm³/mol. The Kier molecular flexibility index (Phi) is 7.26. The number of rotatable bonds is 7. The molecule has 1 heterocycles. The van der Waals surface area contributed by atoms with E-state index in [4.69, 9.17) is 5.73 Å². The minimum atomic E-state index is -0.157. The zero-order valence-corrected chi connectivity index (χ0v) is 16.2. The molecule has 1 aromatic rings. The lowest BCUT2D eigenvalue weighted by atomic mass is 9.84. The first kappa shape index (κ1) is 19.9. The molecule has 2 aliphatic rings. The Labute approximate surface area is 161 Å². The van der Waals surface area contributed by atoms with Crippen LogP contribution in [-0.2, 0) is 11.3 Å². The molecular formula is C20H33N5O2. The minimum Gasteiger partial charge on any atom is -0.352 e. The van der Waals surface area contributed by atoms with Gasteiger partial charge in [-0.15, -0.1) is 0 Å². The van der Waals surface area contributed by atoms with Gasteiger partial charge in [0.25, 0.3) is 5.91 Å². The first-order valence-corrected chi connectivity index (χ1v) is 10.5. The summed E-state index contributed by atoms with van der Waals surface area (Å²) in [5.41, 5.74) is 6.38. The highest BCUT2D eigenvalue weighted by Crippen LogP contribution is 2.26. The van der Waals surface area contributed by atoms with Crippen LogP contribution in [-0.4, -0.2) is 40.2 Å². The largest absolute Gasteiger partial charge is 0.352 e. The smallest absolute Gasteiger partial charge is 0.254 e. The van der Waals surface area contributed by atoms with E-state index in [9.17, 15) is 9.59 Å². The number of carbonyl (C=O) groups is 2. The molecule has 0 aliphatic heterocycles. The van der Waals surface area contributed by atoms with E-state index < -0.39 is 0 Å². The van der Waals surface area contributed by atoms with Crippen molar-refractivity contribution in [3.8, 4) is 0 Å². The fraction of sp³-hybridized carbons (Fsp3) is 0.750. The number of nitrogens with one attached hydrogen (secondary N) is 2. The maximum Gasteiger partial charge on any atom is 0.254 e. The Balaban J connectivity index is 1.49. The first-order chi connectivity index (χ1) is 13.2. The fourth-order valence-electron chi connectivity index (χ4n) is 4.39. The second kappa shape index (κ2) is 9.88. The van der Waals surface area contributed by atoms with Crippen molar-refractivity contribution in [2.45, 2.75) is 82.8 Å². The highest BCUT2D eigenvalue weighted by molar-refractivity contribution is 5.94. The number of nitrogens with two attached hydrogens (primary N) is 1. The Bertz CT molecular complexity index is 618. The molecule has 3 rings (SSSR count). The van der Waals surface area contributed by atoms with E-state index in [0.29, 0.717) is 18.0 Å². The maximum atomic E-state index is 12.6. The molecule has 2 fully saturated rings. The van der Waals surface area contributed by atoms with Crippen LogP contribution in [0.3, 0.4) is 0 Å². The fourth-order valence-corrected chi connectivity index (χ4v) is 4.39. The Hall–Kier alpha value is -1.89. The summed E-state index contributed by atoms with van der Waals surface area (Å²) in [4.78, 5) is 24.8. The molecule has 2 amide bonds. The van der Waals surface area contributed by atoms with Crippen LogP contribution in [0.25, 0.3) is 0 Å². The van der Waals surface area contributed by atoms with Crippen molar-refractivity contribution in [3.63, 3.8) is 0 Å². The third-order valence-corrected chi connectivity index (χ3v) is 5.96. The lowest BCUT2D eigenvalue weighted by molar-refractivity contribution is -0.122. The van der Waals surface area contributed by atoms with Crippen LogP contribution < -0.4 is 16.4 Å². The maximum absolute atomic E-state index is 12.6. The molecular weight excluding hydrogens is 342 g/mol. The number of carbonyl (C=O) groups excluding carboxylic acids is 2. The van der Waals surface area contributed by atoms with Crippen LogP contribution in [0.15, 0.2) is 12.4 Å². The SMILES string of the molecule is NCC(NC(=O)c1cnn(CC(=O)NC2CCCCC2)c1)C1CCCCC1. The summed E-state index contributed by atoms with van der Waals surface area (Å²) in [6.45, 7) is 0.598. The van der Waals surface area contributed by atoms with Gasteiger partial charge in [0.1, 0.15) is 6.54 Å². The average molecular weight is 376 g/mol. The molecule has 0 saturated heterocycles. The summed E-state index contributed by atoms with van der Waals surface area (Å²) in [5.74, 6) is 0.262. The molecule has 2 saturated carbocycles. The molecule has 0 spiro atoms. The van der Waals surface area contributed by atoms with Gasteiger partial charge in [0.15, 0.2) is 0 Å². The van der Waals surface area contributed by atoms with Gasteiger partial charge in [-0.2, -0.15) is 5.10 Å². The Morgan fingerprint density at radius 2 is 1.78 bits per heavy atom. The molecule has 7 nitrogen and oxygen atoms in total. The van der Waals surface area contributed by atoms with Gasteiger partial charge in [0, 0.05) is 24.8 Å². The summed E-state index contributed by atoms with van der Waals surface area (Å²) in [5, 5.41) is 10.3. The molecule has 1 atom stereocenters. The summed E-state index contributed by atoms with van der Waals surface area (Å²) in [6.07, 6.45) is 14.9. The highest BCUT2D eigenvalue weighted by Gasteiger charge is 2.25. The summed E-state index contributed by atoms with van der Waals surface area (Å²) < 4.78 is 1.53. The van der Waals surface area contributed by atoms with Gasteiger partial charge >= 0.3 is 0 Å². The van der Waals surface area contributed by atoms with Crippen molar-refractivity contribution in [1.29, 1.82) is 0 Å². The second-order valence-electron chi connectivity index (χ2n) is 8.04. The predicted octanol–water partition coefficient (Wildman–Crippen LogP) is 1.97. The van der Waals surface area contributed by atoms with E-state index in [1.54, 1.807) is 6.20 Å². The van der Waals surface area contributed by atoms with Crippen LogP contribution in [0.1, 0.15) is 74.6 Å². The van der Waals surface area contributed by atoms with Gasteiger partial charge < -0.3 is 16.4 Å². The van der Waals surface area contributed by atoms with E-state index >= 15 is 0 Å². The topological polar surface area (TPSA) is 102 Å². The molecule has 150 valence electrons. The third-order valence-electron chi connectivity index (χ3n) is 5.96. The molecule has 2 aliphatic carbocycles. The number of hydrogen-bond donors (Lipinski definition) is 3. The molecule has 0 radical (unpaired) electrons. The van der Waals surface area contributed by atoms with Crippen LogP contribution in [0, 0.1) is 5.92 Å². The number of aromatic nitrogens is 2. The molecule has 0 aromatic carbocycles. The van der Waals surface area contributed by atoms with Crippen molar-refractivity contribution in [1.82, 2.24) is 20.4 Å². The Morgan fingerprint density at radius 1 is 1.11 bits per heavy atom. The van der Waals surface area contributed by atoms with Crippen molar-refractivity contribution < 1.29 is 9.59 Å². The van der Waals surface area contributed by atoms with E-state index in [-0.39, 0.29) is 30.4 Å². The van der Waals surface area contributed by atoms with Crippen molar-refractivity contribution in [3.05, 3.63) is 18.0 Å². The van der Waals surface area contributed by atoms with E-state index in [2.05, 4.69) is 15.7 Å². The van der Waals surface area contributed by atoms with Crippen LogP contribution in [0.4, 0.5) is 0 Å². The Morgan fingerprint density at radius 3 is 2.44 bits per heavy atom. The summed E-state index contributed by atoms with van der Waals surface area (Å²) in [6, 6.07) is 0.293. The van der Waals surface area contributed by atoms with Crippen LogP contribution in [0.2, 0.25) is 0 Å². The molecule has 1 unspecified atom stereocenters. The molecule has 4 N–H and O–H groups in total. The van der Waals surface area contributed by atoms with E-state index in [1.807, 2.05) is 0 Å². The van der Waals surface area contributed by atoms with Crippen molar-refractivity contribution >= 4 is 11.8 Å². The van der Waals surface area contributed by atoms with Gasteiger partial charge in [-0.1, -0.05) is 38.5 Å². The second-order valence-corrected chi connectivity index (χ2v) is 8.04. The van der Waals surface area contributed by atoms with Gasteiger partial charge in [-0.3, -0.25) is 14.3 Å². The van der Waals surface area contributed by atoms with E-state index in [1.165, 1.54) is 49.4 Å². The van der Waals surface area contributed by atoms with Crippen molar-refractivity contribution in [2.24, 2.45) is 11.7 Å². The van der Waals surface area contributed by atoms with Gasteiger partial charge in [-0.05, 0) is 31.6 Å². The van der Waals surface area contributed by atoms with E-state index in [0.717, 1.165) is 25.7 Å². The lowest BCUT2D eigenvalue weighted by Gasteiger charge is -2.29. The van der Waals surface area contributed by atoms with Gasteiger partial charge in [0.2, 0.25) is 5.91 Å². The monoisotopic (exact) mass is 375 g/mol. The summed E-state index contributed by atoms with van der Waals surface area (Å²) in [7, 11) is 0. The van der Waals surface area contributed by atoms with Crippen LogP contribution >= 0.6 is 0 Å². The number of nitrogens with zero attached hydrogens (tertiary/aromatic N) is 2. The molecule has 0 bridgehead atoms. The summed E-state index contributed by atoms with van der Waals surface area (Å²) >= 11 is 0. The molecule has 7 heteroatoms. The zero-order chi connectivity index (χ0) is 19.1.